The number of thiophene rings is 1. The number of hydrogen-bond acceptors (Lipinski definition) is 2. The fourth-order valence-corrected chi connectivity index (χ4v) is 4.42. The van der Waals surface area contributed by atoms with Crippen molar-refractivity contribution in [3.63, 3.8) is 0 Å². The van der Waals surface area contributed by atoms with Crippen LogP contribution < -0.4 is 0 Å². The number of hydrogen-bond donors (Lipinski definition) is 1. The van der Waals surface area contributed by atoms with Gasteiger partial charge in [-0.3, -0.25) is 4.79 Å². The van der Waals surface area contributed by atoms with Crippen LogP contribution in [-0.4, -0.2) is 11.1 Å². The van der Waals surface area contributed by atoms with Gasteiger partial charge < -0.3 is 5.11 Å². The number of halogens is 1. The van der Waals surface area contributed by atoms with Gasteiger partial charge in [0, 0.05) is 14.7 Å². The minimum atomic E-state index is -0.603. The molecule has 2 rings (SSSR count). The van der Waals surface area contributed by atoms with E-state index in [4.69, 9.17) is 0 Å². The van der Waals surface area contributed by atoms with Gasteiger partial charge in [0.05, 0.1) is 5.41 Å². The molecule has 1 aliphatic carbocycles. The van der Waals surface area contributed by atoms with Crippen LogP contribution >= 0.6 is 27.3 Å². The van der Waals surface area contributed by atoms with Gasteiger partial charge in [-0.1, -0.05) is 32.1 Å². The summed E-state index contributed by atoms with van der Waals surface area (Å²) in [5.41, 5.74) is -0.523. The van der Waals surface area contributed by atoms with Crippen molar-refractivity contribution in [1.82, 2.24) is 0 Å². The molecule has 0 atom stereocenters. The average Bonchev–Trinajstić information content (AvgIpc) is 2.67. The van der Waals surface area contributed by atoms with Crippen LogP contribution in [0.1, 0.15) is 49.8 Å². The summed E-state index contributed by atoms with van der Waals surface area (Å²) in [6, 6.07) is 2.06. The lowest BCUT2D eigenvalue weighted by atomic mass is 9.73. The molecule has 0 amide bonds. The maximum Gasteiger partial charge on any atom is 0.309 e. The molecular formula is C14H19BrO2S. The Hall–Kier alpha value is -0.350. The Labute approximate surface area is 121 Å². The fourth-order valence-electron chi connectivity index (χ4n) is 2.83. The summed E-state index contributed by atoms with van der Waals surface area (Å²) < 4.78 is 1.06. The summed E-state index contributed by atoms with van der Waals surface area (Å²) in [5, 5.41) is 11.7. The van der Waals surface area contributed by atoms with Crippen molar-refractivity contribution < 1.29 is 9.90 Å². The van der Waals surface area contributed by atoms with Crippen LogP contribution in [0, 0.1) is 5.41 Å². The predicted octanol–water partition coefficient (Wildman–Crippen LogP) is 4.87. The highest BCUT2D eigenvalue weighted by atomic mass is 79.9. The predicted molar refractivity (Wildman–Crippen MR) is 78.1 cm³/mol. The first-order valence-electron chi connectivity index (χ1n) is 6.59. The molecule has 0 bridgehead atoms. The van der Waals surface area contributed by atoms with Crippen LogP contribution in [0.25, 0.3) is 0 Å². The molecule has 1 heterocycles. The molecule has 1 N–H and O–H groups in total. The third-order valence-corrected chi connectivity index (χ3v) is 5.60. The highest BCUT2D eigenvalue weighted by Gasteiger charge is 2.38. The molecule has 18 heavy (non-hydrogen) atoms. The summed E-state index contributed by atoms with van der Waals surface area (Å²) in [6.45, 7) is 0. The molecule has 100 valence electrons. The third-order valence-electron chi connectivity index (χ3n) is 3.90. The van der Waals surface area contributed by atoms with E-state index in [1.807, 2.05) is 5.38 Å². The average molecular weight is 331 g/mol. The first kappa shape index (κ1) is 14.1. The van der Waals surface area contributed by atoms with Gasteiger partial charge in [-0.05, 0) is 41.3 Å². The largest absolute Gasteiger partial charge is 0.481 e. The number of carboxylic acids is 1. The van der Waals surface area contributed by atoms with E-state index in [9.17, 15) is 9.90 Å². The molecule has 0 aliphatic heterocycles. The molecule has 1 saturated carbocycles. The van der Waals surface area contributed by atoms with Crippen molar-refractivity contribution in [2.24, 2.45) is 5.41 Å². The molecule has 4 heteroatoms. The molecule has 2 nitrogen and oxygen atoms in total. The lowest BCUT2D eigenvalue weighted by Crippen LogP contribution is -2.34. The highest BCUT2D eigenvalue weighted by molar-refractivity contribution is 9.10. The summed E-state index contributed by atoms with van der Waals surface area (Å²) >= 11 is 5.10. The van der Waals surface area contributed by atoms with Crippen LogP contribution in [0.2, 0.25) is 0 Å². The van der Waals surface area contributed by atoms with Gasteiger partial charge in [0.15, 0.2) is 0 Å². The first-order valence-corrected chi connectivity index (χ1v) is 8.26. The lowest BCUT2D eigenvalue weighted by Gasteiger charge is -2.30. The summed E-state index contributed by atoms with van der Waals surface area (Å²) in [6.07, 6.45) is 8.10. The van der Waals surface area contributed by atoms with Crippen molar-refractivity contribution in [2.45, 2.75) is 51.4 Å². The second-order valence-electron chi connectivity index (χ2n) is 5.26. The van der Waals surface area contributed by atoms with Crippen LogP contribution in [0.5, 0.6) is 0 Å². The normalized spacial score (nSPS) is 20.1. The van der Waals surface area contributed by atoms with E-state index in [0.29, 0.717) is 6.42 Å². The van der Waals surface area contributed by atoms with E-state index >= 15 is 0 Å². The summed E-state index contributed by atoms with van der Waals surface area (Å²) in [5.74, 6) is -0.603. The van der Waals surface area contributed by atoms with Gasteiger partial charge in [0.2, 0.25) is 0 Å². The molecule has 0 spiro atoms. The quantitative estimate of drug-likeness (QED) is 0.858. The van der Waals surface area contributed by atoms with Crippen molar-refractivity contribution in [2.75, 3.05) is 0 Å². The van der Waals surface area contributed by atoms with E-state index < -0.39 is 11.4 Å². The molecule has 1 aromatic rings. The minimum Gasteiger partial charge on any atom is -0.481 e. The van der Waals surface area contributed by atoms with Crippen LogP contribution in [0.15, 0.2) is 15.9 Å². The monoisotopic (exact) mass is 330 g/mol. The molecule has 1 aliphatic rings. The molecule has 1 aromatic heterocycles. The van der Waals surface area contributed by atoms with Crippen LogP contribution in [-0.2, 0) is 11.2 Å². The van der Waals surface area contributed by atoms with Crippen LogP contribution in [0.4, 0.5) is 0 Å². The SMILES string of the molecule is O=C(O)C1(Cc2cc(Br)cs2)CCCCCCC1. The fraction of sp³-hybridized carbons (Fsp3) is 0.643. The Kier molecular flexibility index (Phi) is 4.84. The molecular weight excluding hydrogens is 312 g/mol. The first-order chi connectivity index (χ1) is 8.62. The molecule has 1 fully saturated rings. The Balaban J connectivity index is 2.16. The van der Waals surface area contributed by atoms with Crippen molar-refractivity contribution >= 4 is 33.2 Å². The standard InChI is InChI=1S/C14H19BrO2S/c15-11-8-12(18-10-11)9-14(13(16)17)6-4-2-1-3-5-7-14/h8,10H,1-7,9H2,(H,16,17). The van der Waals surface area contributed by atoms with E-state index in [2.05, 4.69) is 22.0 Å². The van der Waals surface area contributed by atoms with E-state index in [1.54, 1.807) is 11.3 Å². The van der Waals surface area contributed by atoms with Gasteiger partial charge in [0.1, 0.15) is 0 Å². The topological polar surface area (TPSA) is 37.3 Å². The van der Waals surface area contributed by atoms with Crippen molar-refractivity contribution in [3.05, 3.63) is 20.8 Å². The van der Waals surface area contributed by atoms with E-state index in [-0.39, 0.29) is 0 Å². The summed E-state index contributed by atoms with van der Waals surface area (Å²) in [7, 11) is 0. The van der Waals surface area contributed by atoms with Gasteiger partial charge in [-0.2, -0.15) is 0 Å². The molecule has 0 unspecified atom stereocenters. The maximum atomic E-state index is 11.7. The number of rotatable bonds is 3. The molecule has 0 radical (unpaired) electrons. The molecule has 0 saturated heterocycles. The van der Waals surface area contributed by atoms with Crippen molar-refractivity contribution in [1.29, 1.82) is 0 Å². The zero-order chi connectivity index (χ0) is 13.0. The zero-order valence-corrected chi connectivity index (χ0v) is 12.9. The molecule has 0 aromatic carbocycles. The lowest BCUT2D eigenvalue weighted by molar-refractivity contribution is -0.150. The van der Waals surface area contributed by atoms with Gasteiger partial charge in [-0.25, -0.2) is 0 Å². The smallest absolute Gasteiger partial charge is 0.309 e. The second-order valence-corrected chi connectivity index (χ2v) is 7.17. The summed E-state index contributed by atoms with van der Waals surface area (Å²) in [4.78, 5) is 12.9. The minimum absolute atomic E-state index is 0.523. The third kappa shape index (κ3) is 3.35. The number of carbonyl (C=O) groups is 1. The Morgan fingerprint density at radius 1 is 1.28 bits per heavy atom. The highest BCUT2D eigenvalue weighted by Crippen LogP contribution is 2.39. The number of carboxylic acid groups (broad SMARTS) is 1. The van der Waals surface area contributed by atoms with E-state index in [1.165, 1.54) is 24.1 Å². The Bertz CT molecular complexity index is 406. The van der Waals surface area contributed by atoms with Crippen LogP contribution in [0.3, 0.4) is 0 Å². The van der Waals surface area contributed by atoms with Gasteiger partial charge >= 0.3 is 5.97 Å². The Morgan fingerprint density at radius 2 is 1.89 bits per heavy atom. The van der Waals surface area contributed by atoms with Crippen molar-refractivity contribution in [3.8, 4) is 0 Å². The Morgan fingerprint density at radius 3 is 2.39 bits per heavy atom. The van der Waals surface area contributed by atoms with E-state index in [0.717, 1.165) is 30.2 Å². The zero-order valence-electron chi connectivity index (χ0n) is 10.5. The van der Waals surface area contributed by atoms with Gasteiger partial charge in [-0.15, -0.1) is 11.3 Å². The number of aliphatic carboxylic acids is 1. The van der Waals surface area contributed by atoms with Gasteiger partial charge in [0.25, 0.3) is 0 Å². The maximum absolute atomic E-state index is 11.7. The second kappa shape index (κ2) is 6.20.